The van der Waals surface area contributed by atoms with Gasteiger partial charge in [-0.05, 0) is 47.7 Å². The van der Waals surface area contributed by atoms with Crippen molar-refractivity contribution in [2.45, 2.75) is 31.3 Å². The molecule has 1 aliphatic carbocycles. The number of anilines is 1. The van der Waals surface area contributed by atoms with E-state index >= 15 is 0 Å². The van der Waals surface area contributed by atoms with E-state index in [0.717, 1.165) is 35.5 Å². The van der Waals surface area contributed by atoms with Crippen LogP contribution in [0.5, 0.6) is 0 Å². The smallest absolute Gasteiger partial charge is 0.280 e. The summed E-state index contributed by atoms with van der Waals surface area (Å²) in [6, 6.07) is 12.3. The van der Waals surface area contributed by atoms with E-state index in [1.165, 1.54) is 12.8 Å². The van der Waals surface area contributed by atoms with Crippen molar-refractivity contribution in [3.63, 3.8) is 0 Å². The van der Waals surface area contributed by atoms with E-state index in [4.69, 9.17) is 23.2 Å². The SMILES string of the molecule is O=C(S)Nc1ccccc1[C@@H]1CN(C2CC2)Cc2c(Cl)cc(Cl)cc21. The fraction of sp³-hybridized carbons (Fsp3) is 0.316. The molecule has 1 atom stereocenters. The molecule has 130 valence electrons. The first kappa shape index (κ1) is 17.2. The lowest BCUT2D eigenvalue weighted by Crippen LogP contribution is -2.36. The number of hydrogen-bond acceptors (Lipinski definition) is 2. The number of nitrogens with one attached hydrogen (secondary N) is 1. The third kappa shape index (κ3) is 3.54. The van der Waals surface area contributed by atoms with Crippen molar-refractivity contribution in [2.24, 2.45) is 0 Å². The van der Waals surface area contributed by atoms with Crippen molar-refractivity contribution in [1.29, 1.82) is 0 Å². The predicted molar refractivity (Wildman–Crippen MR) is 106 cm³/mol. The molecular formula is C19H18Cl2N2OS. The van der Waals surface area contributed by atoms with E-state index < -0.39 is 0 Å². The molecule has 0 radical (unpaired) electrons. The first-order chi connectivity index (χ1) is 12.0. The van der Waals surface area contributed by atoms with Crippen LogP contribution < -0.4 is 5.32 Å². The summed E-state index contributed by atoms with van der Waals surface area (Å²) in [7, 11) is 0. The third-order valence-electron chi connectivity index (χ3n) is 4.99. The third-order valence-corrected chi connectivity index (χ3v) is 5.66. The summed E-state index contributed by atoms with van der Waals surface area (Å²) < 4.78 is 0. The van der Waals surface area contributed by atoms with Crippen molar-refractivity contribution < 1.29 is 4.79 Å². The number of thiol groups is 1. The Bertz CT molecular complexity index is 838. The molecule has 0 aromatic heterocycles. The normalized spacial score (nSPS) is 20.2. The number of carbonyl (C=O) groups excluding carboxylic acids is 1. The molecule has 1 fully saturated rings. The van der Waals surface area contributed by atoms with Crippen molar-refractivity contribution in [3.8, 4) is 0 Å². The van der Waals surface area contributed by atoms with Crippen LogP contribution >= 0.6 is 35.8 Å². The average Bonchev–Trinajstić information content (AvgIpc) is 3.39. The molecule has 1 amide bonds. The van der Waals surface area contributed by atoms with Gasteiger partial charge in [0.05, 0.1) is 0 Å². The predicted octanol–water partition coefficient (Wildman–Crippen LogP) is 5.57. The van der Waals surface area contributed by atoms with Crippen LogP contribution in [-0.4, -0.2) is 22.7 Å². The van der Waals surface area contributed by atoms with Crippen LogP contribution in [0.25, 0.3) is 0 Å². The molecule has 0 unspecified atom stereocenters. The number of nitrogens with zero attached hydrogens (tertiary/aromatic N) is 1. The maximum Gasteiger partial charge on any atom is 0.280 e. The molecule has 1 N–H and O–H groups in total. The average molecular weight is 393 g/mol. The quantitative estimate of drug-likeness (QED) is 0.669. The fourth-order valence-electron chi connectivity index (χ4n) is 3.72. The number of rotatable bonds is 3. The Hall–Kier alpha value is -1.20. The second kappa shape index (κ2) is 6.84. The highest BCUT2D eigenvalue weighted by atomic mass is 35.5. The minimum atomic E-state index is -0.369. The zero-order valence-corrected chi connectivity index (χ0v) is 15.9. The molecule has 2 aromatic carbocycles. The lowest BCUT2D eigenvalue weighted by molar-refractivity contribution is 0.230. The van der Waals surface area contributed by atoms with Crippen LogP contribution in [-0.2, 0) is 6.54 Å². The van der Waals surface area contributed by atoms with E-state index in [1.54, 1.807) is 0 Å². The molecule has 6 heteroatoms. The van der Waals surface area contributed by atoms with Gasteiger partial charge in [-0.2, -0.15) is 0 Å². The maximum atomic E-state index is 11.5. The molecule has 3 nitrogen and oxygen atoms in total. The molecule has 0 bridgehead atoms. The first-order valence-corrected chi connectivity index (χ1v) is 9.54. The number of benzene rings is 2. The first-order valence-electron chi connectivity index (χ1n) is 8.33. The minimum absolute atomic E-state index is 0.108. The Morgan fingerprint density at radius 1 is 1.16 bits per heavy atom. The van der Waals surface area contributed by atoms with Gasteiger partial charge >= 0.3 is 0 Å². The topological polar surface area (TPSA) is 32.3 Å². The van der Waals surface area contributed by atoms with Crippen LogP contribution in [0.3, 0.4) is 0 Å². The summed E-state index contributed by atoms with van der Waals surface area (Å²) in [5.74, 6) is 0.108. The van der Waals surface area contributed by atoms with Crippen LogP contribution in [0, 0.1) is 0 Å². The van der Waals surface area contributed by atoms with Gasteiger partial charge in [-0.15, -0.1) is 0 Å². The monoisotopic (exact) mass is 392 g/mol. The van der Waals surface area contributed by atoms with E-state index in [-0.39, 0.29) is 11.2 Å². The van der Waals surface area contributed by atoms with Gasteiger partial charge in [0.1, 0.15) is 0 Å². The molecule has 2 aromatic rings. The largest absolute Gasteiger partial charge is 0.317 e. The van der Waals surface area contributed by atoms with Gasteiger partial charge in [0.25, 0.3) is 5.24 Å². The molecule has 1 aliphatic heterocycles. The second-order valence-electron chi connectivity index (χ2n) is 6.69. The molecule has 25 heavy (non-hydrogen) atoms. The zero-order chi connectivity index (χ0) is 17.6. The van der Waals surface area contributed by atoms with E-state index in [1.807, 2.05) is 30.3 Å². The number of para-hydroxylation sites is 1. The van der Waals surface area contributed by atoms with Crippen molar-refractivity contribution in [3.05, 3.63) is 63.1 Å². The molecule has 0 saturated heterocycles. The number of hydrogen-bond donors (Lipinski definition) is 2. The second-order valence-corrected chi connectivity index (χ2v) is 7.94. The van der Waals surface area contributed by atoms with Crippen molar-refractivity contribution in [2.75, 3.05) is 11.9 Å². The summed E-state index contributed by atoms with van der Waals surface area (Å²) in [6.45, 7) is 1.75. The summed E-state index contributed by atoms with van der Waals surface area (Å²) in [4.78, 5) is 14.0. The van der Waals surface area contributed by atoms with Crippen LogP contribution in [0.15, 0.2) is 36.4 Å². The standard InChI is InChI=1S/C19H18Cl2N2OS/c20-11-7-14-15(13-3-1-2-4-18(13)22-19(24)25)9-23(12-5-6-12)10-16(14)17(21)8-11/h1-4,7-8,12,15H,5-6,9-10H2,(H2,22,24,25)/t15-/m0/s1. The van der Waals surface area contributed by atoms with Crippen molar-refractivity contribution >= 4 is 46.8 Å². The minimum Gasteiger partial charge on any atom is -0.317 e. The summed E-state index contributed by atoms with van der Waals surface area (Å²) in [5.41, 5.74) is 4.14. The van der Waals surface area contributed by atoms with Crippen molar-refractivity contribution in [1.82, 2.24) is 4.90 Å². The molecular weight excluding hydrogens is 375 g/mol. The fourth-order valence-corrected chi connectivity index (χ4v) is 4.40. The van der Waals surface area contributed by atoms with E-state index in [2.05, 4.69) is 28.9 Å². The number of fused-ring (bicyclic) bond motifs is 1. The maximum absolute atomic E-state index is 11.5. The molecule has 4 rings (SSSR count). The van der Waals surface area contributed by atoms with E-state index in [9.17, 15) is 4.79 Å². The van der Waals surface area contributed by atoms with Gasteiger partial charge in [0, 0.05) is 40.8 Å². The summed E-state index contributed by atoms with van der Waals surface area (Å²) >= 11 is 16.7. The van der Waals surface area contributed by atoms with Gasteiger partial charge in [-0.25, -0.2) is 0 Å². The van der Waals surface area contributed by atoms with Gasteiger partial charge < -0.3 is 5.32 Å². The van der Waals surface area contributed by atoms with Gasteiger partial charge in [-0.1, -0.05) is 54.0 Å². The molecule has 1 saturated carbocycles. The zero-order valence-electron chi connectivity index (χ0n) is 13.5. The van der Waals surface area contributed by atoms with Gasteiger partial charge in [0.15, 0.2) is 0 Å². The number of carbonyl (C=O) groups is 1. The Balaban J connectivity index is 1.83. The van der Waals surface area contributed by atoms with Crippen LogP contribution in [0.4, 0.5) is 10.5 Å². The lowest BCUT2D eigenvalue weighted by Gasteiger charge is -2.36. The highest BCUT2D eigenvalue weighted by molar-refractivity contribution is 7.96. The van der Waals surface area contributed by atoms with Crippen LogP contribution in [0.2, 0.25) is 10.0 Å². The lowest BCUT2D eigenvalue weighted by atomic mass is 9.83. The Morgan fingerprint density at radius 3 is 2.64 bits per heavy atom. The Morgan fingerprint density at radius 2 is 1.92 bits per heavy atom. The molecule has 0 spiro atoms. The molecule has 1 heterocycles. The van der Waals surface area contributed by atoms with Gasteiger partial charge in [0.2, 0.25) is 0 Å². The Labute approximate surface area is 162 Å². The summed E-state index contributed by atoms with van der Waals surface area (Å²) in [6.07, 6.45) is 2.48. The van der Waals surface area contributed by atoms with Gasteiger partial charge in [-0.3, -0.25) is 9.69 Å². The van der Waals surface area contributed by atoms with E-state index in [0.29, 0.717) is 16.1 Å². The number of halogens is 2. The highest BCUT2D eigenvalue weighted by Gasteiger charge is 2.37. The van der Waals surface area contributed by atoms with Crippen LogP contribution in [0.1, 0.15) is 35.4 Å². The highest BCUT2D eigenvalue weighted by Crippen LogP contribution is 2.43. The Kier molecular flexibility index (Phi) is 4.71. The summed E-state index contributed by atoms with van der Waals surface area (Å²) in [5, 5.41) is 3.82. The number of amides is 1. The molecule has 2 aliphatic rings.